The summed E-state index contributed by atoms with van der Waals surface area (Å²) in [7, 11) is 0. The van der Waals surface area contributed by atoms with E-state index in [1.165, 1.54) is 0 Å². The number of benzene rings is 2. The molecule has 2 aromatic carbocycles. The Morgan fingerprint density at radius 1 is 0.964 bits per heavy atom. The van der Waals surface area contributed by atoms with Gasteiger partial charge in [0.2, 0.25) is 0 Å². The molecule has 0 bridgehead atoms. The van der Waals surface area contributed by atoms with Crippen molar-refractivity contribution in [3.05, 3.63) is 65.2 Å². The first-order chi connectivity index (χ1) is 13.5. The maximum absolute atomic E-state index is 12.9. The summed E-state index contributed by atoms with van der Waals surface area (Å²) in [6.45, 7) is 5.84. The third-order valence-corrected chi connectivity index (χ3v) is 4.37. The second-order valence-corrected chi connectivity index (χ2v) is 6.38. The van der Waals surface area contributed by atoms with Crippen LogP contribution in [0, 0.1) is 6.92 Å². The Kier molecular flexibility index (Phi) is 5.99. The summed E-state index contributed by atoms with van der Waals surface area (Å²) in [5.41, 5.74) is 3.99. The molecule has 0 saturated heterocycles. The number of carbonyl (C=O) groups excluding carboxylic acids is 2. The number of rotatable bonds is 5. The van der Waals surface area contributed by atoms with Crippen molar-refractivity contribution < 1.29 is 19.1 Å². The Hall–Kier alpha value is -3.28. The third-order valence-electron chi connectivity index (χ3n) is 4.37. The van der Waals surface area contributed by atoms with Gasteiger partial charge in [0.25, 0.3) is 0 Å². The number of ether oxygens (including phenoxy) is 2. The van der Waals surface area contributed by atoms with Gasteiger partial charge >= 0.3 is 11.9 Å². The van der Waals surface area contributed by atoms with Crippen molar-refractivity contribution >= 4 is 29.0 Å². The van der Waals surface area contributed by atoms with Crippen LogP contribution in [0.2, 0.25) is 0 Å². The van der Waals surface area contributed by atoms with Crippen molar-refractivity contribution in [2.45, 2.75) is 26.8 Å². The monoisotopic (exact) mass is 380 g/mol. The van der Waals surface area contributed by atoms with Crippen LogP contribution < -0.4 is 10.6 Å². The van der Waals surface area contributed by atoms with Crippen LogP contribution >= 0.6 is 0 Å². The second kappa shape index (κ2) is 8.61. The highest BCUT2D eigenvalue weighted by atomic mass is 16.5. The number of anilines is 2. The van der Waals surface area contributed by atoms with Crippen LogP contribution in [0.4, 0.5) is 11.4 Å². The summed E-state index contributed by atoms with van der Waals surface area (Å²) in [5, 5.41) is 6.51. The van der Waals surface area contributed by atoms with Crippen LogP contribution in [0.25, 0.3) is 5.70 Å². The molecular formula is C22H24N2O4. The first kappa shape index (κ1) is 19.5. The SMILES string of the molecule is CCOC(=O)C1=C(c2ccccc2)Nc2ccc(C)cc2NC1C(=O)OCC. The Morgan fingerprint density at radius 2 is 1.68 bits per heavy atom. The van der Waals surface area contributed by atoms with E-state index in [2.05, 4.69) is 10.6 Å². The average Bonchev–Trinajstić information content (AvgIpc) is 2.86. The van der Waals surface area contributed by atoms with Gasteiger partial charge in [-0.1, -0.05) is 36.4 Å². The third kappa shape index (κ3) is 4.01. The molecule has 0 fully saturated rings. The molecule has 28 heavy (non-hydrogen) atoms. The molecule has 1 heterocycles. The lowest BCUT2D eigenvalue weighted by atomic mass is 10.00. The molecule has 0 amide bonds. The van der Waals surface area contributed by atoms with Crippen molar-refractivity contribution in [3.63, 3.8) is 0 Å². The van der Waals surface area contributed by atoms with E-state index >= 15 is 0 Å². The summed E-state index contributed by atoms with van der Waals surface area (Å²) in [6, 6.07) is 14.2. The molecule has 1 atom stereocenters. The highest BCUT2D eigenvalue weighted by Gasteiger charge is 2.36. The van der Waals surface area contributed by atoms with E-state index in [0.29, 0.717) is 11.4 Å². The number of esters is 2. The van der Waals surface area contributed by atoms with Crippen LogP contribution in [0.3, 0.4) is 0 Å². The fourth-order valence-corrected chi connectivity index (χ4v) is 3.12. The summed E-state index contributed by atoms with van der Waals surface area (Å²) in [6.07, 6.45) is 0. The van der Waals surface area contributed by atoms with E-state index in [0.717, 1.165) is 16.8 Å². The molecule has 0 aromatic heterocycles. The zero-order chi connectivity index (χ0) is 20.1. The van der Waals surface area contributed by atoms with Gasteiger partial charge in [-0.3, -0.25) is 0 Å². The van der Waals surface area contributed by atoms with Gasteiger partial charge < -0.3 is 20.1 Å². The first-order valence-electron chi connectivity index (χ1n) is 9.32. The normalized spacial score (nSPS) is 15.6. The van der Waals surface area contributed by atoms with E-state index in [4.69, 9.17) is 9.47 Å². The van der Waals surface area contributed by atoms with E-state index < -0.39 is 18.0 Å². The molecule has 1 aliphatic rings. The largest absolute Gasteiger partial charge is 0.464 e. The van der Waals surface area contributed by atoms with Crippen LogP contribution in [-0.2, 0) is 19.1 Å². The molecule has 6 nitrogen and oxygen atoms in total. The van der Waals surface area contributed by atoms with Gasteiger partial charge in [-0.05, 0) is 44.0 Å². The quantitative estimate of drug-likeness (QED) is 0.770. The number of aryl methyl sites for hydroxylation is 1. The lowest BCUT2D eigenvalue weighted by Gasteiger charge is -2.20. The Labute approximate surface area is 164 Å². The minimum absolute atomic E-state index is 0.195. The predicted molar refractivity (Wildman–Crippen MR) is 109 cm³/mol. The van der Waals surface area contributed by atoms with E-state index in [9.17, 15) is 9.59 Å². The molecule has 0 saturated carbocycles. The number of hydrogen-bond donors (Lipinski definition) is 2. The van der Waals surface area contributed by atoms with Gasteiger partial charge in [-0.15, -0.1) is 0 Å². The first-order valence-corrected chi connectivity index (χ1v) is 9.32. The molecule has 2 N–H and O–H groups in total. The van der Waals surface area contributed by atoms with Crippen molar-refractivity contribution in [3.8, 4) is 0 Å². The minimum atomic E-state index is -0.996. The van der Waals surface area contributed by atoms with E-state index in [-0.39, 0.29) is 18.8 Å². The molecule has 0 spiro atoms. The van der Waals surface area contributed by atoms with Gasteiger partial charge in [0, 0.05) is 0 Å². The predicted octanol–water partition coefficient (Wildman–Crippen LogP) is 3.74. The molecule has 1 unspecified atom stereocenters. The Bertz CT molecular complexity index is 906. The van der Waals surface area contributed by atoms with Gasteiger partial charge in [-0.25, -0.2) is 9.59 Å². The van der Waals surface area contributed by atoms with E-state index in [1.807, 2.05) is 55.5 Å². The topological polar surface area (TPSA) is 76.7 Å². The zero-order valence-electron chi connectivity index (χ0n) is 16.2. The zero-order valence-corrected chi connectivity index (χ0v) is 16.2. The van der Waals surface area contributed by atoms with Crippen LogP contribution in [0.5, 0.6) is 0 Å². The lowest BCUT2D eigenvalue weighted by molar-refractivity contribution is -0.146. The molecule has 1 aliphatic heterocycles. The summed E-state index contributed by atoms with van der Waals surface area (Å²) in [4.78, 5) is 25.7. The van der Waals surface area contributed by atoms with Gasteiger partial charge in [-0.2, -0.15) is 0 Å². The second-order valence-electron chi connectivity index (χ2n) is 6.38. The Balaban J connectivity index is 2.23. The highest BCUT2D eigenvalue weighted by Crippen LogP contribution is 2.35. The standard InChI is InChI=1S/C22H24N2O4/c1-4-27-21(25)18-19(15-9-7-6-8-10-15)23-16-12-11-14(3)13-17(16)24-20(18)22(26)28-5-2/h6-13,20,23-24H,4-5H2,1-3H3. The summed E-state index contributed by atoms with van der Waals surface area (Å²) < 4.78 is 10.5. The maximum atomic E-state index is 12.9. The molecule has 0 aliphatic carbocycles. The van der Waals surface area contributed by atoms with Gasteiger partial charge in [0.05, 0.1) is 35.9 Å². The van der Waals surface area contributed by atoms with Gasteiger partial charge in [0.1, 0.15) is 0 Å². The maximum Gasteiger partial charge on any atom is 0.338 e. The number of carbonyl (C=O) groups is 2. The van der Waals surface area contributed by atoms with Crippen molar-refractivity contribution in [1.29, 1.82) is 0 Å². The van der Waals surface area contributed by atoms with Crippen molar-refractivity contribution in [1.82, 2.24) is 0 Å². The number of hydrogen-bond acceptors (Lipinski definition) is 6. The average molecular weight is 380 g/mol. The minimum Gasteiger partial charge on any atom is -0.464 e. The van der Waals surface area contributed by atoms with Crippen molar-refractivity contribution in [2.75, 3.05) is 23.8 Å². The van der Waals surface area contributed by atoms with E-state index in [1.54, 1.807) is 13.8 Å². The molecule has 0 radical (unpaired) electrons. The lowest BCUT2D eigenvalue weighted by Crippen LogP contribution is -2.37. The molecular weight excluding hydrogens is 356 g/mol. The number of fused-ring (bicyclic) bond motifs is 1. The summed E-state index contributed by atoms with van der Waals surface area (Å²) in [5.74, 6) is -1.10. The molecule has 6 heteroatoms. The van der Waals surface area contributed by atoms with Crippen molar-refractivity contribution in [2.24, 2.45) is 0 Å². The fourth-order valence-electron chi connectivity index (χ4n) is 3.12. The van der Waals surface area contributed by atoms with Crippen LogP contribution in [0.15, 0.2) is 54.1 Å². The Morgan fingerprint density at radius 3 is 2.36 bits per heavy atom. The molecule has 146 valence electrons. The highest BCUT2D eigenvalue weighted by molar-refractivity contribution is 6.09. The molecule has 2 aromatic rings. The smallest absolute Gasteiger partial charge is 0.338 e. The van der Waals surface area contributed by atoms with Crippen LogP contribution in [0.1, 0.15) is 25.0 Å². The van der Waals surface area contributed by atoms with Gasteiger partial charge in [0.15, 0.2) is 6.04 Å². The number of nitrogens with one attached hydrogen (secondary N) is 2. The summed E-state index contributed by atoms with van der Waals surface area (Å²) >= 11 is 0. The fraction of sp³-hybridized carbons (Fsp3) is 0.273. The van der Waals surface area contributed by atoms with Crippen LogP contribution in [-0.4, -0.2) is 31.2 Å². The molecule has 3 rings (SSSR count).